The summed E-state index contributed by atoms with van der Waals surface area (Å²) >= 11 is 0. The monoisotopic (exact) mass is 419 g/mol. The van der Waals surface area contributed by atoms with Gasteiger partial charge in [-0.3, -0.25) is 0 Å². The largest absolute Gasteiger partial charge is 0.494 e. The molecule has 0 radical (unpaired) electrons. The third-order valence-corrected chi connectivity index (χ3v) is 7.09. The van der Waals surface area contributed by atoms with E-state index in [2.05, 4.69) is 34.7 Å². The van der Waals surface area contributed by atoms with E-state index in [1.807, 2.05) is 24.4 Å². The SMILES string of the molecule is COc1cccc2nc3n(c12)CC1CNC[C@@H](O1)c1cc-3cnc1N1[C@@H](C)CC[C@@H]1C. The van der Waals surface area contributed by atoms with Gasteiger partial charge in [0.1, 0.15) is 22.9 Å². The standard InChI is InChI=1S/C24H29N5O2/c1-14-7-8-15(2)29(14)24-18-9-16(10-26-24)23-27-19-5-4-6-20(30-3)22(19)28(23)13-17-11-25-12-21(18)31-17/h4-6,9-10,14-15,17,21,25H,7-8,11-13H2,1-3H3/t14-,15-,17?,21+/m0/s1. The Hall–Kier alpha value is -2.64. The first-order valence-corrected chi connectivity index (χ1v) is 11.3. The highest BCUT2D eigenvalue weighted by molar-refractivity contribution is 5.86. The van der Waals surface area contributed by atoms with Crippen LogP contribution in [0.4, 0.5) is 5.82 Å². The Morgan fingerprint density at radius 1 is 1.16 bits per heavy atom. The lowest BCUT2D eigenvalue weighted by Crippen LogP contribution is -2.43. The lowest BCUT2D eigenvalue weighted by Gasteiger charge is -2.35. The van der Waals surface area contributed by atoms with Gasteiger partial charge in [-0.1, -0.05) is 6.07 Å². The maximum atomic E-state index is 6.65. The maximum absolute atomic E-state index is 6.65. The van der Waals surface area contributed by atoms with Gasteiger partial charge in [-0.2, -0.15) is 0 Å². The Morgan fingerprint density at radius 3 is 2.81 bits per heavy atom. The molecule has 7 heteroatoms. The molecule has 162 valence electrons. The summed E-state index contributed by atoms with van der Waals surface area (Å²) in [6.07, 6.45) is 4.43. The third-order valence-electron chi connectivity index (χ3n) is 7.09. The topological polar surface area (TPSA) is 64.4 Å². The van der Waals surface area contributed by atoms with Crippen LogP contribution in [0.1, 0.15) is 38.4 Å². The molecule has 4 atom stereocenters. The van der Waals surface area contributed by atoms with E-state index in [1.54, 1.807) is 7.11 Å². The summed E-state index contributed by atoms with van der Waals surface area (Å²) in [6.45, 7) is 6.95. The number of rotatable bonds is 2. The number of ether oxygens (including phenoxy) is 2. The van der Waals surface area contributed by atoms with E-state index in [4.69, 9.17) is 19.4 Å². The minimum atomic E-state index is -0.0148. The van der Waals surface area contributed by atoms with E-state index in [9.17, 15) is 0 Å². The van der Waals surface area contributed by atoms with Crippen LogP contribution in [0.15, 0.2) is 30.5 Å². The molecule has 7 nitrogen and oxygen atoms in total. The number of para-hydroxylation sites is 1. The fraction of sp³-hybridized carbons (Fsp3) is 0.500. The summed E-state index contributed by atoms with van der Waals surface area (Å²) in [5.74, 6) is 2.83. The van der Waals surface area contributed by atoms with Crippen molar-refractivity contribution < 1.29 is 9.47 Å². The van der Waals surface area contributed by atoms with E-state index in [1.165, 1.54) is 18.4 Å². The lowest BCUT2D eigenvalue weighted by atomic mass is 10.0. The second-order valence-corrected chi connectivity index (χ2v) is 9.10. The predicted octanol–water partition coefficient (Wildman–Crippen LogP) is 3.53. The van der Waals surface area contributed by atoms with Crippen LogP contribution in [0, 0.1) is 0 Å². The second-order valence-electron chi connectivity index (χ2n) is 9.10. The van der Waals surface area contributed by atoms with Crippen molar-refractivity contribution in [2.45, 2.75) is 57.5 Å². The van der Waals surface area contributed by atoms with Crippen LogP contribution in [0.5, 0.6) is 5.75 Å². The predicted molar refractivity (Wildman–Crippen MR) is 121 cm³/mol. The molecule has 2 fully saturated rings. The number of pyridine rings is 1. The van der Waals surface area contributed by atoms with Gasteiger partial charge >= 0.3 is 0 Å². The van der Waals surface area contributed by atoms with Crippen LogP contribution in [-0.4, -0.2) is 52.9 Å². The molecule has 4 bridgehead atoms. The average Bonchev–Trinajstić information content (AvgIpc) is 3.33. The molecule has 3 aliphatic rings. The van der Waals surface area contributed by atoms with E-state index in [-0.39, 0.29) is 12.2 Å². The number of anilines is 1. The molecule has 5 heterocycles. The minimum Gasteiger partial charge on any atom is -0.494 e. The average molecular weight is 420 g/mol. The molecule has 0 amide bonds. The first-order valence-electron chi connectivity index (χ1n) is 11.3. The van der Waals surface area contributed by atoms with Crippen molar-refractivity contribution in [1.82, 2.24) is 19.9 Å². The van der Waals surface area contributed by atoms with Gasteiger partial charge in [0.05, 0.1) is 31.4 Å². The van der Waals surface area contributed by atoms with Crippen molar-refractivity contribution >= 4 is 16.9 Å². The summed E-state index contributed by atoms with van der Waals surface area (Å²) in [5.41, 5.74) is 4.15. The lowest BCUT2D eigenvalue weighted by molar-refractivity contribution is -0.0451. The van der Waals surface area contributed by atoms with Crippen molar-refractivity contribution in [2.75, 3.05) is 25.1 Å². The third kappa shape index (κ3) is 2.94. The summed E-state index contributed by atoms with van der Waals surface area (Å²) in [4.78, 5) is 12.5. The van der Waals surface area contributed by atoms with Crippen molar-refractivity contribution in [3.8, 4) is 17.1 Å². The first-order chi connectivity index (χ1) is 15.1. The van der Waals surface area contributed by atoms with Crippen molar-refractivity contribution in [2.24, 2.45) is 0 Å². The molecular formula is C24H29N5O2. The number of nitrogens with one attached hydrogen (secondary N) is 1. The van der Waals surface area contributed by atoms with Crippen LogP contribution in [0.2, 0.25) is 0 Å². The summed E-state index contributed by atoms with van der Waals surface area (Å²) in [6, 6.07) is 9.26. The van der Waals surface area contributed by atoms with Crippen molar-refractivity contribution in [3.63, 3.8) is 0 Å². The Bertz CT molecular complexity index is 1130. The quantitative estimate of drug-likeness (QED) is 0.686. The van der Waals surface area contributed by atoms with Gasteiger partial charge in [-0.15, -0.1) is 0 Å². The van der Waals surface area contributed by atoms with Gasteiger partial charge in [0, 0.05) is 42.5 Å². The molecule has 1 N–H and O–H groups in total. The normalized spacial score (nSPS) is 27.5. The number of hydrogen-bond donors (Lipinski definition) is 1. The van der Waals surface area contributed by atoms with Crippen LogP contribution < -0.4 is 15.0 Å². The number of morpholine rings is 1. The van der Waals surface area contributed by atoms with Gasteiger partial charge < -0.3 is 24.3 Å². The molecule has 0 saturated carbocycles. The zero-order valence-electron chi connectivity index (χ0n) is 18.3. The fourth-order valence-corrected chi connectivity index (χ4v) is 5.58. The van der Waals surface area contributed by atoms with Crippen LogP contribution in [-0.2, 0) is 11.3 Å². The highest BCUT2D eigenvalue weighted by atomic mass is 16.5. The van der Waals surface area contributed by atoms with Crippen molar-refractivity contribution in [1.29, 1.82) is 0 Å². The van der Waals surface area contributed by atoms with E-state index in [0.717, 1.165) is 53.6 Å². The smallest absolute Gasteiger partial charge is 0.144 e. The summed E-state index contributed by atoms with van der Waals surface area (Å²) < 4.78 is 14.6. The van der Waals surface area contributed by atoms with E-state index >= 15 is 0 Å². The summed E-state index contributed by atoms with van der Waals surface area (Å²) in [5, 5.41) is 3.59. The molecule has 0 spiro atoms. The van der Waals surface area contributed by atoms with E-state index < -0.39 is 0 Å². The number of benzene rings is 1. The molecule has 3 aliphatic heterocycles. The molecule has 2 aromatic heterocycles. The molecule has 2 saturated heterocycles. The molecule has 31 heavy (non-hydrogen) atoms. The molecule has 0 aliphatic carbocycles. The van der Waals surface area contributed by atoms with Gasteiger partial charge in [-0.25, -0.2) is 9.97 Å². The van der Waals surface area contributed by atoms with Gasteiger partial charge in [0.2, 0.25) is 0 Å². The number of fused-ring (bicyclic) bond motifs is 9. The number of imidazole rings is 1. The Kier molecular flexibility index (Phi) is 4.43. The van der Waals surface area contributed by atoms with Gasteiger partial charge in [-0.05, 0) is 44.9 Å². The highest BCUT2D eigenvalue weighted by Gasteiger charge is 2.35. The van der Waals surface area contributed by atoms with Crippen LogP contribution in [0.3, 0.4) is 0 Å². The highest BCUT2D eigenvalue weighted by Crippen LogP contribution is 2.40. The molecule has 3 aromatic rings. The van der Waals surface area contributed by atoms with Crippen LogP contribution >= 0.6 is 0 Å². The van der Waals surface area contributed by atoms with Gasteiger partial charge in [0.25, 0.3) is 0 Å². The molecule has 1 aromatic carbocycles. The maximum Gasteiger partial charge on any atom is 0.144 e. The fourth-order valence-electron chi connectivity index (χ4n) is 5.58. The van der Waals surface area contributed by atoms with Gasteiger partial charge in [0.15, 0.2) is 0 Å². The van der Waals surface area contributed by atoms with Crippen molar-refractivity contribution in [3.05, 3.63) is 36.0 Å². The number of nitrogens with zero attached hydrogens (tertiary/aromatic N) is 4. The Morgan fingerprint density at radius 2 is 2.00 bits per heavy atom. The Labute approximate surface area is 182 Å². The summed E-state index contributed by atoms with van der Waals surface area (Å²) in [7, 11) is 1.71. The minimum absolute atomic E-state index is 0.0148. The molecule has 1 unspecified atom stereocenters. The zero-order valence-corrected chi connectivity index (χ0v) is 18.3. The molecular weight excluding hydrogens is 390 g/mol. The number of methoxy groups -OCH3 is 1. The number of hydrogen-bond acceptors (Lipinski definition) is 6. The first kappa shape index (κ1) is 19.1. The van der Waals surface area contributed by atoms with E-state index in [0.29, 0.717) is 12.1 Å². The second kappa shape index (κ2) is 7.21. The Balaban J connectivity index is 1.58. The zero-order chi connectivity index (χ0) is 21.1. The number of aromatic nitrogens is 3. The molecule has 6 rings (SSSR count). The van der Waals surface area contributed by atoms with Crippen LogP contribution in [0.25, 0.3) is 22.4 Å².